The first-order chi connectivity index (χ1) is 8.89. The molecule has 2 N–H and O–H groups in total. The highest BCUT2D eigenvalue weighted by Gasteiger charge is 2.23. The van der Waals surface area contributed by atoms with Crippen LogP contribution in [0, 0.1) is 10.1 Å². The Morgan fingerprint density at radius 2 is 1.95 bits per heavy atom. The van der Waals surface area contributed by atoms with E-state index in [9.17, 15) is 18.5 Å². The largest absolute Gasteiger partial charge is 0.393 e. The molecule has 1 aliphatic rings. The Kier molecular flexibility index (Phi) is 3.72. The van der Waals surface area contributed by atoms with Crippen molar-refractivity contribution in [1.82, 2.24) is 4.90 Å². The average molecular weight is 285 g/mol. The Hall–Kier alpha value is -1.67. The van der Waals surface area contributed by atoms with E-state index in [-0.39, 0.29) is 22.9 Å². The van der Waals surface area contributed by atoms with Gasteiger partial charge in [0.15, 0.2) is 9.84 Å². The summed E-state index contributed by atoms with van der Waals surface area (Å²) >= 11 is 0. The molecule has 0 aliphatic carbocycles. The summed E-state index contributed by atoms with van der Waals surface area (Å²) in [5, 5.41) is 10.8. The Bertz CT molecular complexity index is 586. The van der Waals surface area contributed by atoms with Crippen LogP contribution in [0.2, 0.25) is 0 Å². The van der Waals surface area contributed by atoms with E-state index in [4.69, 9.17) is 5.73 Å². The zero-order valence-electron chi connectivity index (χ0n) is 10.3. The predicted molar refractivity (Wildman–Crippen MR) is 71.4 cm³/mol. The molecular formula is C11H15N3O4S. The monoisotopic (exact) mass is 285 g/mol. The number of para-hydroxylation sites is 1. The van der Waals surface area contributed by atoms with Gasteiger partial charge in [-0.3, -0.25) is 15.0 Å². The number of sulfone groups is 1. The van der Waals surface area contributed by atoms with Gasteiger partial charge < -0.3 is 5.73 Å². The fraction of sp³-hybridized carbons (Fsp3) is 0.455. The highest BCUT2D eigenvalue weighted by molar-refractivity contribution is 7.91. The van der Waals surface area contributed by atoms with Crippen molar-refractivity contribution in [3.05, 3.63) is 33.9 Å². The molecule has 1 aromatic rings. The zero-order valence-corrected chi connectivity index (χ0v) is 11.1. The molecule has 1 saturated heterocycles. The lowest BCUT2D eigenvalue weighted by atomic mass is 10.1. The molecule has 19 heavy (non-hydrogen) atoms. The van der Waals surface area contributed by atoms with Crippen LogP contribution in [0.3, 0.4) is 0 Å². The quantitative estimate of drug-likeness (QED) is 0.489. The highest BCUT2D eigenvalue weighted by Crippen LogP contribution is 2.26. The van der Waals surface area contributed by atoms with Gasteiger partial charge in [-0.25, -0.2) is 8.42 Å². The molecule has 1 aromatic carbocycles. The molecule has 0 atom stereocenters. The van der Waals surface area contributed by atoms with Crippen molar-refractivity contribution < 1.29 is 13.3 Å². The zero-order chi connectivity index (χ0) is 14.0. The lowest BCUT2D eigenvalue weighted by molar-refractivity contribution is -0.384. The molecule has 0 unspecified atom stereocenters. The summed E-state index contributed by atoms with van der Waals surface area (Å²) in [5.74, 6) is 0.254. The van der Waals surface area contributed by atoms with Gasteiger partial charge >= 0.3 is 0 Å². The summed E-state index contributed by atoms with van der Waals surface area (Å²) in [4.78, 5) is 12.2. The van der Waals surface area contributed by atoms with Crippen LogP contribution < -0.4 is 5.73 Å². The minimum atomic E-state index is -2.92. The maximum Gasteiger partial charge on any atom is 0.292 e. The summed E-state index contributed by atoms with van der Waals surface area (Å²) in [7, 11) is -2.92. The second kappa shape index (κ2) is 5.14. The van der Waals surface area contributed by atoms with Crippen LogP contribution in [-0.4, -0.2) is 42.8 Å². The SMILES string of the molecule is Nc1c(CN2CCS(=O)(=O)CC2)cccc1[N+](=O)[O-]. The van der Waals surface area contributed by atoms with E-state index in [1.165, 1.54) is 6.07 Å². The molecule has 2 rings (SSSR count). The maximum atomic E-state index is 11.3. The average Bonchev–Trinajstić information content (AvgIpc) is 2.34. The fourth-order valence-electron chi connectivity index (χ4n) is 2.05. The summed E-state index contributed by atoms with van der Waals surface area (Å²) in [6.45, 7) is 1.30. The van der Waals surface area contributed by atoms with Gasteiger partial charge in [0.25, 0.3) is 5.69 Å². The van der Waals surface area contributed by atoms with Gasteiger partial charge in [-0.2, -0.15) is 0 Å². The van der Waals surface area contributed by atoms with Crippen molar-refractivity contribution in [2.45, 2.75) is 6.54 Å². The van der Waals surface area contributed by atoms with Crippen molar-refractivity contribution in [2.75, 3.05) is 30.3 Å². The number of hydrogen-bond donors (Lipinski definition) is 1. The van der Waals surface area contributed by atoms with Crippen molar-refractivity contribution in [2.24, 2.45) is 0 Å². The molecule has 0 amide bonds. The number of hydrogen-bond acceptors (Lipinski definition) is 6. The molecule has 7 nitrogen and oxygen atoms in total. The van der Waals surface area contributed by atoms with Gasteiger partial charge in [0, 0.05) is 25.7 Å². The van der Waals surface area contributed by atoms with Gasteiger partial charge in [0.1, 0.15) is 5.69 Å². The smallest absolute Gasteiger partial charge is 0.292 e. The summed E-state index contributed by atoms with van der Waals surface area (Å²) in [6, 6.07) is 4.68. The normalized spacial score (nSPS) is 19.2. The molecule has 0 saturated carbocycles. The van der Waals surface area contributed by atoms with E-state index in [0.717, 1.165) is 0 Å². The third kappa shape index (κ3) is 3.21. The molecule has 0 radical (unpaired) electrons. The molecule has 1 fully saturated rings. The molecule has 1 heterocycles. The number of anilines is 1. The molecule has 1 aliphatic heterocycles. The second-order valence-corrected chi connectivity index (χ2v) is 6.84. The van der Waals surface area contributed by atoms with E-state index < -0.39 is 14.8 Å². The standard InChI is InChI=1S/C11H15N3O4S/c12-11-9(2-1-3-10(11)14(15)16)8-13-4-6-19(17,18)7-5-13/h1-3H,4-8,12H2. The number of nitro groups is 1. The number of nitrogens with two attached hydrogens (primary N) is 1. The van der Waals surface area contributed by atoms with Gasteiger partial charge in [0.05, 0.1) is 16.4 Å². The molecule has 0 spiro atoms. The fourth-order valence-corrected chi connectivity index (χ4v) is 3.32. The van der Waals surface area contributed by atoms with Gasteiger partial charge in [-0.1, -0.05) is 12.1 Å². The number of rotatable bonds is 3. The van der Waals surface area contributed by atoms with Crippen molar-refractivity contribution in [3.8, 4) is 0 Å². The molecule has 0 bridgehead atoms. The van der Waals surface area contributed by atoms with Crippen molar-refractivity contribution in [1.29, 1.82) is 0 Å². The Balaban J connectivity index is 2.12. The van der Waals surface area contributed by atoms with Crippen LogP contribution in [0.25, 0.3) is 0 Å². The minimum Gasteiger partial charge on any atom is -0.393 e. The summed E-state index contributed by atoms with van der Waals surface area (Å²) < 4.78 is 22.6. The first-order valence-corrected chi connectivity index (χ1v) is 7.66. The summed E-state index contributed by atoms with van der Waals surface area (Å²) in [5.41, 5.74) is 6.47. The van der Waals surface area contributed by atoms with Crippen LogP contribution >= 0.6 is 0 Å². The van der Waals surface area contributed by atoms with E-state index in [1.54, 1.807) is 12.1 Å². The van der Waals surface area contributed by atoms with Crippen LogP contribution in [-0.2, 0) is 16.4 Å². The van der Waals surface area contributed by atoms with Crippen LogP contribution in [0.1, 0.15) is 5.56 Å². The minimum absolute atomic E-state index is 0.109. The Morgan fingerprint density at radius 3 is 2.53 bits per heavy atom. The first kappa shape index (κ1) is 13.8. The van der Waals surface area contributed by atoms with Crippen LogP contribution in [0.15, 0.2) is 18.2 Å². The van der Waals surface area contributed by atoms with Crippen LogP contribution in [0.5, 0.6) is 0 Å². The van der Waals surface area contributed by atoms with Gasteiger partial charge in [0.2, 0.25) is 0 Å². The number of nitro benzene ring substituents is 1. The lowest BCUT2D eigenvalue weighted by Gasteiger charge is -2.26. The molecular weight excluding hydrogens is 270 g/mol. The lowest BCUT2D eigenvalue weighted by Crippen LogP contribution is -2.39. The second-order valence-electron chi connectivity index (χ2n) is 4.54. The van der Waals surface area contributed by atoms with E-state index in [1.807, 2.05) is 4.90 Å². The molecule has 0 aromatic heterocycles. The van der Waals surface area contributed by atoms with Gasteiger partial charge in [-0.05, 0) is 5.56 Å². The number of benzene rings is 1. The van der Waals surface area contributed by atoms with E-state index >= 15 is 0 Å². The molecule has 8 heteroatoms. The highest BCUT2D eigenvalue weighted by atomic mass is 32.2. The van der Waals surface area contributed by atoms with Crippen molar-refractivity contribution in [3.63, 3.8) is 0 Å². The van der Waals surface area contributed by atoms with Gasteiger partial charge in [-0.15, -0.1) is 0 Å². The predicted octanol–water partition coefficient (Wildman–Crippen LogP) is 0.407. The maximum absolute atomic E-state index is 11.3. The topological polar surface area (TPSA) is 107 Å². The third-order valence-electron chi connectivity index (χ3n) is 3.20. The van der Waals surface area contributed by atoms with Crippen LogP contribution in [0.4, 0.5) is 11.4 Å². The molecule has 104 valence electrons. The summed E-state index contributed by atoms with van der Waals surface area (Å²) in [6.07, 6.45) is 0. The number of nitrogens with zero attached hydrogens (tertiary/aromatic N) is 2. The number of nitrogen functional groups attached to an aromatic ring is 1. The third-order valence-corrected chi connectivity index (χ3v) is 4.81. The van der Waals surface area contributed by atoms with E-state index in [0.29, 0.717) is 25.2 Å². The Labute approximate surface area is 111 Å². The van der Waals surface area contributed by atoms with Crippen molar-refractivity contribution >= 4 is 21.2 Å². The Morgan fingerprint density at radius 1 is 1.32 bits per heavy atom. The van der Waals surface area contributed by atoms with E-state index in [2.05, 4.69) is 0 Å². The first-order valence-electron chi connectivity index (χ1n) is 5.83.